The van der Waals surface area contributed by atoms with Crippen molar-refractivity contribution in [3.05, 3.63) is 42.1 Å². The van der Waals surface area contributed by atoms with Crippen LogP contribution in [0.25, 0.3) is 0 Å². The molecule has 6 nitrogen and oxygen atoms in total. The number of ether oxygens (including phenoxy) is 1. The number of likely N-dealkylation sites (N-methyl/N-ethyl adjacent to an activating group) is 1. The third-order valence-corrected chi connectivity index (χ3v) is 4.60. The summed E-state index contributed by atoms with van der Waals surface area (Å²) in [5.74, 6) is 2.60. The number of benzene rings is 1. The molecular formula is C19H27N5O. The van der Waals surface area contributed by atoms with Gasteiger partial charge in [0.1, 0.15) is 11.6 Å². The number of methoxy groups -OCH3 is 1. The maximum absolute atomic E-state index is 5.27. The second kappa shape index (κ2) is 8.67. The zero-order valence-electron chi connectivity index (χ0n) is 15.1. The summed E-state index contributed by atoms with van der Waals surface area (Å²) in [4.78, 5) is 13.8. The average molecular weight is 341 g/mol. The van der Waals surface area contributed by atoms with Crippen molar-refractivity contribution in [3.8, 4) is 5.75 Å². The van der Waals surface area contributed by atoms with E-state index in [0.29, 0.717) is 0 Å². The molecule has 0 amide bonds. The molecule has 0 spiro atoms. The number of nitrogens with one attached hydrogen (secondary N) is 1. The Morgan fingerprint density at radius 2 is 2.00 bits per heavy atom. The maximum Gasteiger partial charge on any atom is 0.227 e. The molecule has 1 aliphatic heterocycles. The third-order valence-electron chi connectivity index (χ3n) is 4.60. The van der Waals surface area contributed by atoms with E-state index in [1.165, 1.54) is 5.56 Å². The predicted molar refractivity (Wildman–Crippen MR) is 102 cm³/mol. The monoisotopic (exact) mass is 341 g/mol. The molecule has 0 bridgehead atoms. The number of hydrogen-bond donors (Lipinski definition) is 1. The van der Waals surface area contributed by atoms with Gasteiger partial charge in [-0.15, -0.1) is 0 Å². The van der Waals surface area contributed by atoms with E-state index in [4.69, 9.17) is 4.74 Å². The van der Waals surface area contributed by atoms with E-state index in [9.17, 15) is 0 Å². The predicted octanol–water partition coefficient (Wildman–Crippen LogP) is 2.28. The molecule has 0 unspecified atom stereocenters. The van der Waals surface area contributed by atoms with Gasteiger partial charge in [-0.1, -0.05) is 19.1 Å². The molecule has 0 atom stereocenters. The van der Waals surface area contributed by atoms with Gasteiger partial charge in [0.2, 0.25) is 5.95 Å². The normalized spacial score (nSPS) is 15.2. The number of piperazine rings is 1. The number of rotatable bonds is 7. The molecule has 25 heavy (non-hydrogen) atoms. The molecule has 2 heterocycles. The van der Waals surface area contributed by atoms with Crippen molar-refractivity contribution in [2.75, 3.05) is 56.6 Å². The number of aromatic nitrogens is 2. The zero-order valence-corrected chi connectivity index (χ0v) is 15.1. The summed E-state index contributed by atoms with van der Waals surface area (Å²) in [6, 6.07) is 10.1. The Morgan fingerprint density at radius 1 is 1.16 bits per heavy atom. The van der Waals surface area contributed by atoms with Gasteiger partial charge in [-0.3, -0.25) is 0 Å². The van der Waals surface area contributed by atoms with E-state index < -0.39 is 0 Å². The van der Waals surface area contributed by atoms with Crippen LogP contribution in [-0.2, 0) is 6.42 Å². The van der Waals surface area contributed by atoms with Crippen LogP contribution in [0, 0.1) is 0 Å². The lowest BCUT2D eigenvalue weighted by Gasteiger charge is -2.34. The molecule has 0 aliphatic carbocycles. The first-order valence-electron chi connectivity index (χ1n) is 8.95. The fourth-order valence-corrected chi connectivity index (χ4v) is 3.03. The summed E-state index contributed by atoms with van der Waals surface area (Å²) >= 11 is 0. The highest BCUT2D eigenvalue weighted by molar-refractivity contribution is 5.42. The maximum atomic E-state index is 5.27. The molecule has 3 rings (SSSR count). The highest BCUT2D eigenvalue weighted by Crippen LogP contribution is 2.15. The molecule has 134 valence electrons. The van der Waals surface area contributed by atoms with Gasteiger partial charge in [0.05, 0.1) is 7.11 Å². The van der Waals surface area contributed by atoms with Crippen LogP contribution in [0.3, 0.4) is 0 Å². The van der Waals surface area contributed by atoms with E-state index in [-0.39, 0.29) is 0 Å². The molecule has 1 saturated heterocycles. The molecule has 1 aliphatic rings. The third kappa shape index (κ3) is 4.82. The average Bonchev–Trinajstić information content (AvgIpc) is 2.68. The summed E-state index contributed by atoms with van der Waals surface area (Å²) in [6.07, 6.45) is 2.76. The van der Waals surface area contributed by atoms with Crippen molar-refractivity contribution in [2.24, 2.45) is 0 Å². The Labute approximate surface area is 149 Å². The van der Waals surface area contributed by atoms with E-state index in [1.807, 2.05) is 24.4 Å². The van der Waals surface area contributed by atoms with E-state index in [0.717, 1.165) is 63.2 Å². The van der Waals surface area contributed by atoms with Gasteiger partial charge >= 0.3 is 0 Å². The molecule has 1 N–H and O–H groups in total. The van der Waals surface area contributed by atoms with Crippen molar-refractivity contribution >= 4 is 11.8 Å². The van der Waals surface area contributed by atoms with Crippen LogP contribution in [0.5, 0.6) is 5.75 Å². The summed E-state index contributed by atoms with van der Waals surface area (Å²) in [5, 5.41) is 3.40. The van der Waals surface area contributed by atoms with Crippen LogP contribution in [0.4, 0.5) is 11.8 Å². The molecule has 6 heteroatoms. The van der Waals surface area contributed by atoms with Crippen LogP contribution >= 0.6 is 0 Å². The van der Waals surface area contributed by atoms with Crippen LogP contribution in [0.1, 0.15) is 12.5 Å². The minimum atomic E-state index is 0.821. The van der Waals surface area contributed by atoms with Crippen molar-refractivity contribution in [1.29, 1.82) is 0 Å². The van der Waals surface area contributed by atoms with E-state index >= 15 is 0 Å². The van der Waals surface area contributed by atoms with Crippen LogP contribution in [0.15, 0.2) is 36.5 Å². The Bertz CT molecular complexity index is 670. The van der Waals surface area contributed by atoms with Crippen LogP contribution in [-0.4, -0.2) is 61.2 Å². The fraction of sp³-hybridized carbons (Fsp3) is 0.474. The van der Waals surface area contributed by atoms with Crippen molar-refractivity contribution in [3.63, 3.8) is 0 Å². The smallest absolute Gasteiger partial charge is 0.227 e. The lowest BCUT2D eigenvalue weighted by atomic mass is 10.1. The van der Waals surface area contributed by atoms with Gasteiger partial charge in [-0.05, 0) is 36.7 Å². The molecule has 0 saturated carbocycles. The highest BCUT2D eigenvalue weighted by atomic mass is 16.5. The molecule has 2 aromatic rings. The van der Waals surface area contributed by atoms with E-state index in [1.54, 1.807) is 7.11 Å². The minimum absolute atomic E-state index is 0.821. The SMILES string of the molecule is CCN1CCN(c2nccc(NCCc3cccc(OC)c3)n2)CC1. The second-order valence-corrected chi connectivity index (χ2v) is 6.19. The Kier molecular flexibility index (Phi) is 6.06. The number of hydrogen-bond acceptors (Lipinski definition) is 6. The van der Waals surface area contributed by atoms with Crippen molar-refractivity contribution in [2.45, 2.75) is 13.3 Å². The second-order valence-electron chi connectivity index (χ2n) is 6.19. The Hall–Kier alpha value is -2.34. The van der Waals surface area contributed by atoms with Gasteiger partial charge in [-0.2, -0.15) is 4.98 Å². The summed E-state index contributed by atoms with van der Waals surface area (Å²) in [5.41, 5.74) is 1.25. The molecule has 1 fully saturated rings. The van der Waals surface area contributed by atoms with Gasteiger partial charge in [0.25, 0.3) is 0 Å². The van der Waals surface area contributed by atoms with Crippen LogP contribution in [0.2, 0.25) is 0 Å². The summed E-state index contributed by atoms with van der Waals surface area (Å²) in [6.45, 7) is 8.27. The fourth-order valence-electron chi connectivity index (χ4n) is 3.03. The van der Waals surface area contributed by atoms with E-state index in [2.05, 4.69) is 44.1 Å². The number of nitrogens with zero attached hydrogens (tertiary/aromatic N) is 4. The lowest BCUT2D eigenvalue weighted by Crippen LogP contribution is -2.46. The van der Waals surface area contributed by atoms with Crippen LogP contribution < -0.4 is 15.0 Å². The van der Waals surface area contributed by atoms with Gasteiger partial charge in [0, 0.05) is 38.9 Å². The van der Waals surface area contributed by atoms with Gasteiger partial charge in [0.15, 0.2) is 0 Å². The van der Waals surface area contributed by atoms with Crippen molar-refractivity contribution < 1.29 is 4.74 Å². The summed E-state index contributed by atoms with van der Waals surface area (Å²) in [7, 11) is 1.69. The van der Waals surface area contributed by atoms with Gasteiger partial charge in [-0.25, -0.2) is 4.98 Å². The molecule has 1 aromatic carbocycles. The molecule has 0 radical (unpaired) electrons. The largest absolute Gasteiger partial charge is 0.497 e. The van der Waals surface area contributed by atoms with Crippen molar-refractivity contribution in [1.82, 2.24) is 14.9 Å². The minimum Gasteiger partial charge on any atom is -0.497 e. The first-order chi connectivity index (χ1) is 12.3. The first kappa shape index (κ1) is 17.5. The highest BCUT2D eigenvalue weighted by Gasteiger charge is 2.17. The summed E-state index contributed by atoms with van der Waals surface area (Å²) < 4.78 is 5.27. The number of anilines is 2. The van der Waals surface area contributed by atoms with Gasteiger partial charge < -0.3 is 19.9 Å². The Morgan fingerprint density at radius 3 is 2.76 bits per heavy atom. The standard InChI is InChI=1S/C19H27N5O/c1-3-23-11-13-24(14-12-23)19-21-10-8-18(22-19)20-9-7-16-5-4-6-17(15-16)25-2/h4-6,8,10,15H,3,7,9,11-14H2,1-2H3,(H,20,21,22). The zero-order chi connectivity index (χ0) is 17.5. The Balaban J connectivity index is 1.53. The molecular weight excluding hydrogens is 314 g/mol. The lowest BCUT2D eigenvalue weighted by molar-refractivity contribution is 0.270. The first-order valence-corrected chi connectivity index (χ1v) is 8.95. The topological polar surface area (TPSA) is 53.5 Å². The quantitative estimate of drug-likeness (QED) is 0.834. The molecule has 1 aromatic heterocycles.